The van der Waals surface area contributed by atoms with Crippen LogP contribution < -0.4 is 16.6 Å². The molecule has 4 heteroatoms. The molecule has 2 aromatic carbocycles. The third-order valence-electron chi connectivity index (χ3n) is 3.34. The van der Waals surface area contributed by atoms with Crippen LogP contribution in [-0.2, 0) is 6.54 Å². The molecule has 98 valence electrons. The van der Waals surface area contributed by atoms with Crippen LogP contribution in [0.25, 0.3) is 10.8 Å². The van der Waals surface area contributed by atoms with Crippen molar-refractivity contribution in [3.05, 3.63) is 48.0 Å². The Morgan fingerprint density at radius 1 is 1.16 bits per heavy atom. The zero-order valence-corrected chi connectivity index (χ0v) is 10.8. The first-order valence-electron chi connectivity index (χ1n) is 6.61. The second kappa shape index (κ2) is 5.28. The average Bonchev–Trinajstić information content (AvgIpc) is 3.27. The van der Waals surface area contributed by atoms with E-state index in [0.29, 0.717) is 18.5 Å². The molecule has 1 aliphatic rings. The maximum Gasteiger partial charge on any atom is 0.206 e. The quantitative estimate of drug-likeness (QED) is 0.339. The van der Waals surface area contributed by atoms with Crippen LogP contribution in [0.15, 0.2) is 47.5 Å². The summed E-state index contributed by atoms with van der Waals surface area (Å²) < 4.78 is 0. The molecule has 0 saturated heterocycles. The van der Waals surface area contributed by atoms with E-state index in [0.717, 1.165) is 0 Å². The lowest BCUT2D eigenvalue weighted by atomic mass is 10.1. The van der Waals surface area contributed by atoms with Crippen LogP contribution in [0.4, 0.5) is 0 Å². The Hall–Kier alpha value is -2.07. The minimum atomic E-state index is 0.544. The summed E-state index contributed by atoms with van der Waals surface area (Å²) in [7, 11) is 0. The Labute approximate surface area is 112 Å². The molecule has 2 aromatic rings. The van der Waals surface area contributed by atoms with E-state index in [1.54, 1.807) is 0 Å². The fourth-order valence-corrected chi connectivity index (χ4v) is 2.15. The van der Waals surface area contributed by atoms with E-state index < -0.39 is 0 Å². The number of nitrogens with two attached hydrogens (primary N) is 1. The largest absolute Gasteiger partial charge is 0.353 e. The number of hydrogen-bond acceptors (Lipinski definition) is 2. The highest BCUT2D eigenvalue weighted by Gasteiger charge is 2.21. The number of aliphatic imine (C=N–C) groups is 1. The molecule has 0 aromatic heterocycles. The Balaban J connectivity index is 1.82. The minimum absolute atomic E-state index is 0.544. The van der Waals surface area contributed by atoms with Gasteiger partial charge in [0.05, 0.1) is 6.54 Å². The number of nitrogens with zero attached hydrogens (tertiary/aromatic N) is 1. The zero-order valence-electron chi connectivity index (χ0n) is 10.8. The third kappa shape index (κ3) is 2.85. The van der Waals surface area contributed by atoms with E-state index in [2.05, 4.69) is 58.2 Å². The summed E-state index contributed by atoms with van der Waals surface area (Å²) in [5, 5.41) is 5.76. The standard InChI is InChI=1S/C15H18N4/c16-19-15(18-13-8-9-13)17-10-12-6-3-5-11-4-1-2-7-14(11)12/h1-7,13H,8-10,16H2,(H2,17,18,19). The Bertz CT molecular complexity index is 597. The topological polar surface area (TPSA) is 62.4 Å². The maximum absolute atomic E-state index is 5.48. The van der Waals surface area contributed by atoms with Gasteiger partial charge >= 0.3 is 0 Å². The van der Waals surface area contributed by atoms with Crippen molar-refractivity contribution in [3.8, 4) is 0 Å². The molecule has 1 aliphatic carbocycles. The molecule has 0 aliphatic heterocycles. The molecule has 0 amide bonds. The zero-order chi connectivity index (χ0) is 13.1. The first-order valence-corrected chi connectivity index (χ1v) is 6.61. The lowest BCUT2D eigenvalue weighted by molar-refractivity contribution is 0.822. The molecular formula is C15H18N4. The normalized spacial score (nSPS) is 15.5. The second-order valence-electron chi connectivity index (χ2n) is 4.87. The Morgan fingerprint density at radius 2 is 1.95 bits per heavy atom. The second-order valence-corrected chi connectivity index (χ2v) is 4.87. The summed E-state index contributed by atoms with van der Waals surface area (Å²) in [4.78, 5) is 4.51. The van der Waals surface area contributed by atoms with Gasteiger partial charge in [-0.1, -0.05) is 42.5 Å². The van der Waals surface area contributed by atoms with Gasteiger partial charge in [-0.25, -0.2) is 10.8 Å². The van der Waals surface area contributed by atoms with E-state index in [1.165, 1.54) is 29.2 Å². The van der Waals surface area contributed by atoms with Crippen LogP contribution in [0.1, 0.15) is 18.4 Å². The van der Waals surface area contributed by atoms with Crippen molar-refractivity contribution in [3.63, 3.8) is 0 Å². The number of hydrazine groups is 1. The number of fused-ring (bicyclic) bond motifs is 1. The van der Waals surface area contributed by atoms with E-state index >= 15 is 0 Å². The van der Waals surface area contributed by atoms with Crippen LogP contribution in [0.2, 0.25) is 0 Å². The number of benzene rings is 2. The summed E-state index contributed by atoms with van der Waals surface area (Å²) in [6.45, 7) is 0.626. The van der Waals surface area contributed by atoms with Gasteiger partial charge in [-0.15, -0.1) is 0 Å². The smallest absolute Gasteiger partial charge is 0.206 e. The van der Waals surface area contributed by atoms with Crippen molar-refractivity contribution >= 4 is 16.7 Å². The van der Waals surface area contributed by atoms with E-state index in [9.17, 15) is 0 Å². The van der Waals surface area contributed by atoms with Crippen molar-refractivity contribution in [2.24, 2.45) is 10.8 Å². The van der Waals surface area contributed by atoms with E-state index in [-0.39, 0.29) is 0 Å². The Kier molecular flexibility index (Phi) is 3.33. The van der Waals surface area contributed by atoms with Gasteiger partial charge in [0.2, 0.25) is 5.96 Å². The highest BCUT2D eigenvalue weighted by molar-refractivity contribution is 5.86. The maximum atomic E-state index is 5.48. The highest BCUT2D eigenvalue weighted by atomic mass is 15.3. The fraction of sp³-hybridized carbons (Fsp3) is 0.267. The minimum Gasteiger partial charge on any atom is -0.353 e. The first kappa shape index (κ1) is 12.0. The van der Waals surface area contributed by atoms with E-state index in [4.69, 9.17) is 5.84 Å². The van der Waals surface area contributed by atoms with Crippen LogP contribution in [0, 0.1) is 0 Å². The van der Waals surface area contributed by atoms with Gasteiger partial charge in [0.15, 0.2) is 0 Å². The number of hydrogen-bond donors (Lipinski definition) is 3. The summed E-state index contributed by atoms with van der Waals surface area (Å²) in [6, 6.07) is 15.2. The highest BCUT2D eigenvalue weighted by Crippen LogP contribution is 2.20. The molecule has 1 fully saturated rings. The fourth-order valence-electron chi connectivity index (χ4n) is 2.15. The molecule has 19 heavy (non-hydrogen) atoms. The first-order chi connectivity index (χ1) is 9.36. The van der Waals surface area contributed by atoms with Gasteiger partial charge in [-0.2, -0.15) is 0 Å². The third-order valence-corrected chi connectivity index (χ3v) is 3.34. The SMILES string of the molecule is NNC(=NCc1cccc2ccccc12)NC1CC1. The predicted octanol–water partition coefficient (Wildman–Crippen LogP) is 1.91. The predicted molar refractivity (Wildman–Crippen MR) is 78.6 cm³/mol. The van der Waals surface area contributed by atoms with Crippen molar-refractivity contribution in [1.82, 2.24) is 10.7 Å². The number of rotatable bonds is 3. The van der Waals surface area contributed by atoms with Crippen molar-refractivity contribution in [2.75, 3.05) is 0 Å². The van der Waals surface area contributed by atoms with Crippen LogP contribution in [0.3, 0.4) is 0 Å². The van der Waals surface area contributed by atoms with Gasteiger partial charge in [0, 0.05) is 6.04 Å². The molecule has 4 nitrogen and oxygen atoms in total. The van der Waals surface area contributed by atoms with Gasteiger partial charge in [-0.3, -0.25) is 5.43 Å². The average molecular weight is 254 g/mol. The van der Waals surface area contributed by atoms with E-state index in [1.807, 2.05) is 0 Å². The Morgan fingerprint density at radius 3 is 2.74 bits per heavy atom. The van der Waals surface area contributed by atoms with Crippen LogP contribution in [-0.4, -0.2) is 12.0 Å². The molecule has 1 saturated carbocycles. The molecule has 3 rings (SSSR count). The van der Waals surface area contributed by atoms with Gasteiger partial charge < -0.3 is 5.32 Å². The monoisotopic (exact) mass is 254 g/mol. The molecule has 0 radical (unpaired) electrons. The van der Waals surface area contributed by atoms with Crippen LogP contribution in [0.5, 0.6) is 0 Å². The molecule has 0 unspecified atom stereocenters. The molecular weight excluding hydrogens is 236 g/mol. The van der Waals surface area contributed by atoms with Crippen molar-refractivity contribution < 1.29 is 0 Å². The molecule has 0 heterocycles. The lowest BCUT2D eigenvalue weighted by Gasteiger charge is -2.08. The van der Waals surface area contributed by atoms with Crippen molar-refractivity contribution in [1.29, 1.82) is 0 Å². The summed E-state index contributed by atoms with van der Waals surface area (Å²) in [5.74, 6) is 6.16. The summed E-state index contributed by atoms with van der Waals surface area (Å²) >= 11 is 0. The lowest BCUT2D eigenvalue weighted by Crippen LogP contribution is -2.42. The van der Waals surface area contributed by atoms with Gasteiger partial charge in [0.1, 0.15) is 0 Å². The molecule has 0 bridgehead atoms. The van der Waals surface area contributed by atoms with Crippen LogP contribution >= 0.6 is 0 Å². The molecule has 0 spiro atoms. The molecule has 0 atom stereocenters. The summed E-state index contributed by atoms with van der Waals surface area (Å²) in [5.41, 5.74) is 3.84. The van der Waals surface area contributed by atoms with Gasteiger partial charge in [-0.05, 0) is 29.2 Å². The number of guanidine groups is 1. The number of nitrogens with one attached hydrogen (secondary N) is 2. The van der Waals surface area contributed by atoms with Crippen molar-refractivity contribution in [2.45, 2.75) is 25.4 Å². The summed E-state index contributed by atoms with van der Waals surface area (Å²) in [6.07, 6.45) is 2.41. The van der Waals surface area contributed by atoms with Gasteiger partial charge in [0.25, 0.3) is 0 Å². The molecule has 4 N–H and O–H groups in total.